The highest BCUT2D eigenvalue weighted by molar-refractivity contribution is 6.32. The maximum atomic E-state index is 10.9. The summed E-state index contributed by atoms with van der Waals surface area (Å²) in [5.41, 5.74) is 6.44. The zero-order valence-corrected chi connectivity index (χ0v) is 15.8. The molecule has 1 aromatic carbocycles. The molecular formula is C18H20ClN5O4. The molecule has 3 aromatic rings. The molecule has 2 aromatic heterocycles. The van der Waals surface area contributed by atoms with E-state index in [1.54, 1.807) is 6.07 Å². The Kier molecular flexibility index (Phi) is 4.62. The van der Waals surface area contributed by atoms with Crippen molar-refractivity contribution in [3.05, 3.63) is 28.9 Å². The summed E-state index contributed by atoms with van der Waals surface area (Å²) >= 11 is 6.30. The average molecular weight is 406 g/mol. The molecule has 9 nitrogen and oxygen atoms in total. The van der Waals surface area contributed by atoms with Crippen molar-refractivity contribution >= 4 is 34.5 Å². The number of nitrogens with zero attached hydrogens (tertiary/aromatic N) is 3. The Morgan fingerprint density at radius 2 is 2.14 bits per heavy atom. The van der Waals surface area contributed by atoms with Gasteiger partial charge in [-0.05, 0) is 37.5 Å². The van der Waals surface area contributed by atoms with Crippen molar-refractivity contribution < 1.29 is 19.7 Å². The molecule has 4 rings (SSSR count). The van der Waals surface area contributed by atoms with Crippen molar-refractivity contribution in [2.24, 2.45) is 5.92 Å². The molecule has 10 heteroatoms. The highest BCUT2D eigenvalue weighted by Crippen LogP contribution is 2.40. The van der Waals surface area contributed by atoms with Gasteiger partial charge in [0.15, 0.2) is 11.3 Å². The Labute approximate surface area is 165 Å². The normalized spacial score (nSPS) is 24.8. The molecule has 1 fully saturated rings. The fourth-order valence-corrected chi connectivity index (χ4v) is 3.76. The van der Waals surface area contributed by atoms with Crippen LogP contribution >= 0.6 is 11.6 Å². The Morgan fingerprint density at radius 1 is 1.36 bits per heavy atom. The molecule has 0 radical (unpaired) electrons. The third-order valence-corrected chi connectivity index (χ3v) is 5.31. The van der Waals surface area contributed by atoms with Crippen LogP contribution in [0.25, 0.3) is 22.6 Å². The number of oxazole rings is 1. The van der Waals surface area contributed by atoms with Crippen LogP contribution in [0.3, 0.4) is 0 Å². The zero-order valence-electron chi connectivity index (χ0n) is 15.1. The largest absolute Gasteiger partial charge is 0.436 e. The summed E-state index contributed by atoms with van der Waals surface area (Å²) in [5.74, 6) is -0.329. The minimum atomic E-state index is -1.71. The summed E-state index contributed by atoms with van der Waals surface area (Å²) < 4.78 is 5.80. The van der Waals surface area contributed by atoms with Crippen LogP contribution in [0.2, 0.25) is 5.15 Å². The van der Waals surface area contributed by atoms with Crippen LogP contribution in [-0.2, 0) is 0 Å². The molecule has 1 saturated carbocycles. The summed E-state index contributed by atoms with van der Waals surface area (Å²) in [6, 6.07) is 5.55. The fourth-order valence-electron chi connectivity index (χ4n) is 3.51. The molecule has 0 aliphatic heterocycles. The first-order valence-corrected chi connectivity index (χ1v) is 9.18. The first kappa shape index (κ1) is 18.9. The van der Waals surface area contributed by atoms with Crippen molar-refractivity contribution in [3.8, 4) is 11.5 Å². The minimum Gasteiger partial charge on any atom is -0.436 e. The van der Waals surface area contributed by atoms with Gasteiger partial charge in [-0.2, -0.15) is 4.98 Å². The highest BCUT2D eigenvalue weighted by atomic mass is 35.5. The topological polar surface area (TPSA) is 151 Å². The molecular weight excluding hydrogens is 386 g/mol. The number of fused-ring (bicyclic) bond motifs is 1. The molecule has 1 aliphatic rings. The lowest BCUT2D eigenvalue weighted by Crippen LogP contribution is -2.48. The van der Waals surface area contributed by atoms with Gasteiger partial charge >= 0.3 is 0 Å². The Morgan fingerprint density at radius 3 is 2.86 bits per heavy atom. The van der Waals surface area contributed by atoms with Gasteiger partial charge in [0.05, 0.1) is 0 Å². The van der Waals surface area contributed by atoms with Crippen LogP contribution in [-0.4, -0.2) is 48.7 Å². The number of hydrogen-bond donors (Lipinski definition) is 5. The van der Waals surface area contributed by atoms with Gasteiger partial charge in [-0.3, -0.25) is 0 Å². The number of aryl methyl sites for hydroxylation is 1. The fraction of sp³-hybridized carbons (Fsp3) is 0.389. The summed E-state index contributed by atoms with van der Waals surface area (Å²) in [5, 5.41) is 33.4. The van der Waals surface area contributed by atoms with Gasteiger partial charge in [-0.15, -0.1) is 0 Å². The van der Waals surface area contributed by atoms with E-state index in [1.165, 1.54) is 0 Å². The number of rotatable bonds is 4. The maximum Gasteiger partial charge on any atom is 0.234 e. The number of nitrogens with two attached hydrogens (primary N) is 1. The monoisotopic (exact) mass is 405 g/mol. The van der Waals surface area contributed by atoms with Crippen molar-refractivity contribution in [2.45, 2.75) is 31.6 Å². The number of hydrogen-bond acceptors (Lipinski definition) is 9. The number of nitrogens with one attached hydrogen (secondary N) is 1. The standard InChI is InChI=1S/C18H20ClN5O4/c1-8-2-3-11-10(6-8)21-16(28-11)12-14(19)22-17(20)23-15(12)24-18(27)5-4-9(7-25)13(18)26/h2-3,6,9,13,25-27H,4-5,7H2,1H3,(H3,20,22,23,24)/t9-,13-,18-/m1/s1. The van der Waals surface area contributed by atoms with Crippen LogP contribution in [0.4, 0.5) is 11.8 Å². The van der Waals surface area contributed by atoms with E-state index in [-0.39, 0.29) is 41.4 Å². The molecule has 148 valence electrons. The molecule has 2 heterocycles. The van der Waals surface area contributed by atoms with E-state index < -0.39 is 17.7 Å². The smallest absolute Gasteiger partial charge is 0.234 e. The molecule has 0 amide bonds. The number of anilines is 2. The van der Waals surface area contributed by atoms with Crippen LogP contribution in [0.1, 0.15) is 18.4 Å². The van der Waals surface area contributed by atoms with Crippen molar-refractivity contribution in [1.82, 2.24) is 15.0 Å². The average Bonchev–Trinajstić information content (AvgIpc) is 3.15. The van der Waals surface area contributed by atoms with E-state index in [9.17, 15) is 15.3 Å². The van der Waals surface area contributed by atoms with Gasteiger partial charge < -0.3 is 30.8 Å². The molecule has 6 N–H and O–H groups in total. The number of aliphatic hydroxyl groups excluding tert-OH is 2. The van der Waals surface area contributed by atoms with Crippen LogP contribution in [0, 0.1) is 12.8 Å². The van der Waals surface area contributed by atoms with E-state index in [4.69, 9.17) is 21.8 Å². The Balaban J connectivity index is 1.80. The van der Waals surface area contributed by atoms with E-state index in [0.717, 1.165) is 5.56 Å². The molecule has 0 spiro atoms. The zero-order chi connectivity index (χ0) is 20.1. The number of halogens is 1. The lowest BCUT2D eigenvalue weighted by atomic mass is 10.0. The molecule has 0 unspecified atom stereocenters. The van der Waals surface area contributed by atoms with Crippen molar-refractivity contribution in [1.29, 1.82) is 0 Å². The van der Waals surface area contributed by atoms with Gasteiger partial charge in [-0.1, -0.05) is 17.7 Å². The van der Waals surface area contributed by atoms with Crippen LogP contribution in [0.5, 0.6) is 0 Å². The predicted molar refractivity (Wildman–Crippen MR) is 104 cm³/mol. The minimum absolute atomic E-state index is 0.00641. The number of benzene rings is 1. The quantitative estimate of drug-likeness (QED) is 0.322. The van der Waals surface area contributed by atoms with Crippen LogP contribution < -0.4 is 11.1 Å². The first-order valence-electron chi connectivity index (χ1n) is 8.81. The lowest BCUT2D eigenvalue weighted by Gasteiger charge is -2.30. The molecule has 28 heavy (non-hydrogen) atoms. The van der Waals surface area contributed by atoms with Crippen LogP contribution in [0.15, 0.2) is 22.6 Å². The third-order valence-electron chi connectivity index (χ3n) is 5.04. The summed E-state index contributed by atoms with van der Waals surface area (Å²) in [4.78, 5) is 12.5. The summed E-state index contributed by atoms with van der Waals surface area (Å²) in [6.07, 6.45) is -0.563. The van der Waals surface area contributed by atoms with Gasteiger partial charge in [0.2, 0.25) is 11.8 Å². The van der Waals surface area contributed by atoms with Gasteiger partial charge in [0.1, 0.15) is 28.2 Å². The molecule has 3 atom stereocenters. The van der Waals surface area contributed by atoms with E-state index in [0.29, 0.717) is 17.5 Å². The first-order chi connectivity index (χ1) is 13.3. The second kappa shape index (κ2) is 6.85. The van der Waals surface area contributed by atoms with Gasteiger partial charge in [0.25, 0.3) is 0 Å². The SMILES string of the molecule is Cc1ccc2oc(-c3c(Cl)nc(N)nc3N[C@@]3(O)CC[C@H](CO)[C@H]3O)nc2c1. The number of aliphatic hydroxyl groups is 3. The van der Waals surface area contributed by atoms with Gasteiger partial charge in [-0.25, -0.2) is 9.97 Å². The van der Waals surface area contributed by atoms with Gasteiger partial charge in [0, 0.05) is 12.5 Å². The molecule has 1 aliphatic carbocycles. The Bertz CT molecular complexity index is 1040. The van der Waals surface area contributed by atoms with Crippen molar-refractivity contribution in [2.75, 3.05) is 17.7 Å². The predicted octanol–water partition coefficient (Wildman–Crippen LogP) is 1.69. The second-order valence-electron chi connectivity index (χ2n) is 7.06. The maximum absolute atomic E-state index is 10.9. The number of nitrogen functional groups attached to an aromatic ring is 1. The molecule has 0 bridgehead atoms. The summed E-state index contributed by atoms with van der Waals surface area (Å²) in [7, 11) is 0. The highest BCUT2D eigenvalue weighted by Gasteiger charge is 2.47. The second-order valence-corrected chi connectivity index (χ2v) is 7.42. The number of aromatic nitrogens is 3. The Hall–Kier alpha value is -2.46. The lowest BCUT2D eigenvalue weighted by molar-refractivity contribution is -0.0545. The van der Waals surface area contributed by atoms with E-state index in [2.05, 4.69) is 20.3 Å². The molecule has 0 saturated heterocycles. The van der Waals surface area contributed by atoms with Crippen molar-refractivity contribution in [3.63, 3.8) is 0 Å². The summed E-state index contributed by atoms with van der Waals surface area (Å²) in [6.45, 7) is 1.70. The third kappa shape index (κ3) is 3.16. The van der Waals surface area contributed by atoms with E-state index >= 15 is 0 Å². The van der Waals surface area contributed by atoms with E-state index in [1.807, 2.05) is 19.1 Å².